The molecule has 8 heteroatoms. The lowest BCUT2D eigenvalue weighted by Gasteiger charge is -2.10. The number of rotatable bonds is 5. The van der Waals surface area contributed by atoms with Crippen LogP contribution in [0.1, 0.15) is 16.1 Å². The summed E-state index contributed by atoms with van der Waals surface area (Å²) in [7, 11) is 3.11. The molecule has 1 N–H and O–H groups in total. The van der Waals surface area contributed by atoms with Gasteiger partial charge < -0.3 is 9.47 Å². The quantitative estimate of drug-likeness (QED) is 0.756. The van der Waals surface area contributed by atoms with Crippen LogP contribution in [0.3, 0.4) is 0 Å². The molecule has 0 bridgehead atoms. The van der Waals surface area contributed by atoms with Gasteiger partial charge in [0.25, 0.3) is 11.1 Å². The number of benzene rings is 1. The Hall–Kier alpha value is -3.00. The van der Waals surface area contributed by atoms with Crippen molar-refractivity contribution in [3.8, 4) is 22.1 Å². The summed E-state index contributed by atoms with van der Waals surface area (Å²) in [6.07, 6.45) is 1.56. The van der Waals surface area contributed by atoms with E-state index in [0.29, 0.717) is 15.9 Å². The molecule has 0 fully saturated rings. The van der Waals surface area contributed by atoms with Gasteiger partial charge in [0.2, 0.25) is 5.13 Å². The predicted molar refractivity (Wildman–Crippen MR) is 95.4 cm³/mol. The highest BCUT2D eigenvalue weighted by Gasteiger charge is 2.16. The molecular weight excluding hydrogens is 340 g/mol. The van der Waals surface area contributed by atoms with Gasteiger partial charge in [-0.2, -0.15) is 0 Å². The van der Waals surface area contributed by atoms with Gasteiger partial charge in [0.05, 0.1) is 19.8 Å². The fourth-order valence-corrected chi connectivity index (χ4v) is 2.81. The highest BCUT2D eigenvalue weighted by atomic mass is 32.1. The number of carbonyl (C=O) groups excluding carboxylic acids is 1. The first kappa shape index (κ1) is 16.8. The Bertz CT molecular complexity index is 893. The molecule has 7 nitrogen and oxygen atoms in total. The Morgan fingerprint density at radius 3 is 2.52 bits per heavy atom. The van der Waals surface area contributed by atoms with Gasteiger partial charge in [-0.25, -0.2) is 0 Å². The number of aromatic nitrogens is 3. The van der Waals surface area contributed by atoms with Crippen LogP contribution in [0, 0.1) is 6.92 Å². The lowest BCUT2D eigenvalue weighted by molar-refractivity contribution is 0.102. The minimum atomic E-state index is -0.308. The van der Waals surface area contributed by atoms with E-state index >= 15 is 0 Å². The van der Waals surface area contributed by atoms with Gasteiger partial charge >= 0.3 is 0 Å². The van der Waals surface area contributed by atoms with Crippen molar-refractivity contribution in [1.29, 1.82) is 0 Å². The van der Waals surface area contributed by atoms with Crippen LogP contribution in [0.15, 0.2) is 36.5 Å². The first-order valence-corrected chi connectivity index (χ1v) is 8.22. The molecule has 0 aliphatic carbocycles. The van der Waals surface area contributed by atoms with Crippen molar-refractivity contribution in [2.75, 3.05) is 19.5 Å². The normalized spacial score (nSPS) is 10.4. The second-order valence-corrected chi connectivity index (χ2v) is 6.07. The number of hydrogen-bond acceptors (Lipinski definition) is 7. The van der Waals surface area contributed by atoms with Crippen molar-refractivity contribution in [2.24, 2.45) is 0 Å². The minimum Gasteiger partial charge on any atom is -0.497 e. The third-order valence-corrected chi connectivity index (χ3v) is 4.29. The molecule has 2 aromatic heterocycles. The number of carbonyl (C=O) groups is 1. The molecule has 0 unspecified atom stereocenters. The standard InChI is InChI=1S/C17H16N4O3S/c1-10-8-13(11-4-6-12(23-2)7-5-11)14(9-18-10)15(22)19-16-20-21-17(24-3)25-16/h4-9H,1-3H3,(H,19,20,22). The first-order chi connectivity index (χ1) is 12.1. The molecule has 3 rings (SSSR count). The van der Waals surface area contributed by atoms with Crippen molar-refractivity contribution in [3.63, 3.8) is 0 Å². The van der Waals surface area contributed by atoms with Crippen LogP contribution in [-0.4, -0.2) is 35.3 Å². The van der Waals surface area contributed by atoms with Crippen LogP contribution < -0.4 is 14.8 Å². The molecule has 0 saturated heterocycles. The van der Waals surface area contributed by atoms with Crippen LogP contribution >= 0.6 is 11.3 Å². The Kier molecular flexibility index (Phi) is 4.90. The number of nitrogens with zero attached hydrogens (tertiary/aromatic N) is 3. The fourth-order valence-electron chi connectivity index (χ4n) is 2.26. The topological polar surface area (TPSA) is 86.2 Å². The zero-order valence-electron chi connectivity index (χ0n) is 13.9. The Morgan fingerprint density at radius 2 is 1.88 bits per heavy atom. The third kappa shape index (κ3) is 3.74. The van der Waals surface area contributed by atoms with Crippen molar-refractivity contribution in [3.05, 3.63) is 47.8 Å². The van der Waals surface area contributed by atoms with Crippen LogP contribution in [0.5, 0.6) is 10.9 Å². The van der Waals surface area contributed by atoms with Crippen LogP contribution in [0.2, 0.25) is 0 Å². The average Bonchev–Trinajstić information content (AvgIpc) is 3.09. The number of anilines is 1. The molecule has 0 saturated carbocycles. The maximum Gasteiger partial charge on any atom is 0.295 e. The lowest BCUT2D eigenvalue weighted by Crippen LogP contribution is -2.13. The number of ether oxygens (including phenoxy) is 2. The second-order valence-electron chi connectivity index (χ2n) is 5.13. The maximum absolute atomic E-state index is 12.7. The third-order valence-electron chi connectivity index (χ3n) is 3.49. The molecule has 0 radical (unpaired) electrons. The lowest BCUT2D eigenvalue weighted by atomic mass is 10.00. The van der Waals surface area contributed by atoms with E-state index < -0.39 is 0 Å². The van der Waals surface area contributed by atoms with Crippen LogP contribution in [0.25, 0.3) is 11.1 Å². The van der Waals surface area contributed by atoms with Gasteiger partial charge in [-0.15, -0.1) is 5.10 Å². The Morgan fingerprint density at radius 1 is 1.12 bits per heavy atom. The number of methoxy groups -OCH3 is 2. The van der Waals surface area contributed by atoms with Gasteiger partial charge in [-0.3, -0.25) is 15.1 Å². The summed E-state index contributed by atoms with van der Waals surface area (Å²) in [5.41, 5.74) is 2.94. The van der Waals surface area contributed by atoms with E-state index in [1.807, 2.05) is 37.3 Å². The van der Waals surface area contributed by atoms with Gasteiger partial charge in [0.15, 0.2) is 0 Å². The highest BCUT2D eigenvalue weighted by Crippen LogP contribution is 2.28. The Balaban J connectivity index is 1.93. The molecule has 1 aromatic carbocycles. The second kappa shape index (κ2) is 7.27. The molecule has 128 valence electrons. The SMILES string of the molecule is COc1ccc(-c2cc(C)ncc2C(=O)Nc2nnc(OC)s2)cc1. The van der Waals surface area contributed by atoms with Crippen LogP contribution in [0.4, 0.5) is 5.13 Å². The number of aryl methyl sites for hydroxylation is 1. The van der Waals surface area contributed by atoms with E-state index in [9.17, 15) is 4.79 Å². The zero-order chi connectivity index (χ0) is 17.8. The summed E-state index contributed by atoms with van der Waals surface area (Å²) < 4.78 is 10.2. The van der Waals surface area contributed by atoms with Gasteiger partial charge in [0.1, 0.15) is 5.75 Å². The highest BCUT2D eigenvalue weighted by molar-refractivity contribution is 7.17. The molecule has 2 heterocycles. The van der Waals surface area contributed by atoms with E-state index in [4.69, 9.17) is 9.47 Å². The maximum atomic E-state index is 12.7. The van der Waals surface area contributed by atoms with Gasteiger partial charge in [-0.05, 0) is 47.6 Å². The van der Waals surface area contributed by atoms with Gasteiger partial charge in [-0.1, -0.05) is 17.2 Å². The molecule has 25 heavy (non-hydrogen) atoms. The summed E-state index contributed by atoms with van der Waals surface area (Å²) in [4.78, 5) is 16.9. The van der Waals surface area contributed by atoms with E-state index in [1.54, 1.807) is 13.3 Å². The first-order valence-electron chi connectivity index (χ1n) is 7.40. The predicted octanol–water partition coefficient (Wildman–Crippen LogP) is 3.18. The van der Waals surface area contributed by atoms with E-state index in [2.05, 4.69) is 20.5 Å². The molecule has 1 amide bonds. The minimum absolute atomic E-state index is 0.308. The zero-order valence-corrected chi connectivity index (χ0v) is 14.8. The van der Waals surface area contributed by atoms with Crippen molar-refractivity contribution in [1.82, 2.24) is 15.2 Å². The molecule has 0 atom stereocenters. The van der Waals surface area contributed by atoms with E-state index in [-0.39, 0.29) is 5.91 Å². The van der Waals surface area contributed by atoms with Crippen molar-refractivity contribution in [2.45, 2.75) is 6.92 Å². The van der Waals surface area contributed by atoms with E-state index in [0.717, 1.165) is 33.9 Å². The summed E-state index contributed by atoms with van der Waals surface area (Å²) in [5.74, 6) is 0.443. The smallest absolute Gasteiger partial charge is 0.295 e. The average molecular weight is 356 g/mol. The van der Waals surface area contributed by atoms with E-state index in [1.165, 1.54) is 7.11 Å². The number of amides is 1. The number of nitrogens with one attached hydrogen (secondary N) is 1. The molecule has 0 spiro atoms. The monoisotopic (exact) mass is 356 g/mol. The molecule has 0 aliphatic heterocycles. The number of pyridine rings is 1. The summed E-state index contributed by atoms with van der Waals surface area (Å²) >= 11 is 1.15. The Labute approximate surface area is 148 Å². The molecular formula is C17H16N4O3S. The summed E-state index contributed by atoms with van der Waals surface area (Å²) in [5, 5.41) is 11.1. The van der Waals surface area contributed by atoms with Crippen molar-refractivity contribution >= 4 is 22.4 Å². The van der Waals surface area contributed by atoms with Crippen molar-refractivity contribution < 1.29 is 14.3 Å². The molecule has 3 aromatic rings. The van der Waals surface area contributed by atoms with Crippen LogP contribution in [-0.2, 0) is 0 Å². The summed E-state index contributed by atoms with van der Waals surface area (Å²) in [6, 6.07) is 9.37. The fraction of sp³-hybridized carbons (Fsp3) is 0.176. The van der Waals surface area contributed by atoms with Gasteiger partial charge in [0, 0.05) is 11.9 Å². The molecule has 0 aliphatic rings. The summed E-state index contributed by atoms with van der Waals surface area (Å²) in [6.45, 7) is 1.88. The largest absolute Gasteiger partial charge is 0.497 e. The number of hydrogen-bond donors (Lipinski definition) is 1.